The van der Waals surface area contributed by atoms with Gasteiger partial charge in [-0.1, -0.05) is 19.8 Å². The van der Waals surface area contributed by atoms with Gasteiger partial charge in [0.05, 0.1) is 11.0 Å². The number of non-ortho nitro benzene ring substituents is 1. The minimum Gasteiger partial charge on any atom is -0.387 e. The molecule has 110 valence electrons. The lowest BCUT2D eigenvalue weighted by Crippen LogP contribution is -2.32. The Morgan fingerprint density at radius 1 is 1.35 bits per heavy atom. The Bertz CT molecular complexity index is 453. The van der Waals surface area contributed by atoms with Crippen molar-refractivity contribution in [3.8, 4) is 0 Å². The lowest BCUT2D eigenvalue weighted by molar-refractivity contribution is -0.384. The molecule has 0 heterocycles. The summed E-state index contributed by atoms with van der Waals surface area (Å²) in [4.78, 5) is 10.1. The second-order valence-electron chi connectivity index (χ2n) is 6.01. The molecule has 0 spiro atoms. The minimum atomic E-state index is -0.624. The summed E-state index contributed by atoms with van der Waals surface area (Å²) < 4.78 is 0. The SMILES string of the molecule is CC1(CNCC(O)c2ccc([N+](=O)[O-])cc2)CCCC1. The van der Waals surface area contributed by atoms with Gasteiger partial charge in [0.1, 0.15) is 0 Å². The average Bonchev–Trinajstić information content (AvgIpc) is 2.85. The van der Waals surface area contributed by atoms with E-state index in [0.717, 1.165) is 6.54 Å². The molecule has 1 unspecified atom stereocenters. The van der Waals surface area contributed by atoms with Gasteiger partial charge in [0, 0.05) is 25.2 Å². The van der Waals surface area contributed by atoms with Gasteiger partial charge in [-0.2, -0.15) is 0 Å². The number of aliphatic hydroxyl groups is 1. The van der Waals surface area contributed by atoms with E-state index in [9.17, 15) is 15.2 Å². The van der Waals surface area contributed by atoms with Crippen molar-refractivity contribution in [2.24, 2.45) is 5.41 Å². The second kappa shape index (κ2) is 6.33. The normalized spacial score (nSPS) is 18.9. The minimum absolute atomic E-state index is 0.0485. The van der Waals surface area contributed by atoms with E-state index in [-0.39, 0.29) is 5.69 Å². The van der Waals surface area contributed by atoms with Crippen molar-refractivity contribution in [2.45, 2.75) is 38.7 Å². The van der Waals surface area contributed by atoms with E-state index in [1.165, 1.54) is 37.8 Å². The van der Waals surface area contributed by atoms with Crippen LogP contribution in [0.4, 0.5) is 5.69 Å². The molecule has 1 aromatic carbocycles. The highest BCUT2D eigenvalue weighted by atomic mass is 16.6. The van der Waals surface area contributed by atoms with E-state index in [0.29, 0.717) is 17.5 Å². The molecule has 0 aliphatic heterocycles. The molecule has 0 amide bonds. The molecule has 0 radical (unpaired) electrons. The van der Waals surface area contributed by atoms with Crippen LogP contribution in [0.15, 0.2) is 24.3 Å². The molecule has 1 saturated carbocycles. The summed E-state index contributed by atoms with van der Waals surface area (Å²) in [6, 6.07) is 6.08. The number of hydrogen-bond acceptors (Lipinski definition) is 4. The van der Waals surface area contributed by atoms with Gasteiger partial charge in [0.2, 0.25) is 0 Å². The van der Waals surface area contributed by atoms with Crippen molar-refractivity contribution in [1.29, 1.82) is 0 Å². The van der Waals surface area contributed by atoms with Crippen molar-refractivity contribution in [1.82, 2.24) is 5.32 Å². The summed E-state index contributed by atoms with van der Waals surface area (Å²) in [6.45, 7) is 3.68. The molecule has 1 aliphatic carbocycles. The highest BCUT2D eigenvalue weighted by Gasteiger charge is 2.28. The maximum absolute atomic E-state index is 10.6. The number of benzene rings is 1. The van der Waals surface area contributed by atoms with E-state index >= 15 is 0 Å². The summed E-state index contributed by atoms with van der Waals surface area (Å²) in [6.07, 6.45) is 4.45. The zero-order valence-electron chi connectivity index (χ0n) is 11.8. The van der Waals surface area contributed by atoms with Crippen LogP contribution < -0.4 is 5.32 Å². The highest BCUT2D eigenvalue weighted by molar-refractivity contribution is 5.33. The van der Waals surface area contributed by atoms with E-state index in [1.54, 1.807) is 12.1 Å². The molecule has 0 saturated heterocycles. The summed E-state index contributed by atoms with van der Waals surface area (Å²) >= 11 is 0. The Balaban J connectivity index is 1.82. The molecule has 2 rings (SSSR count). The van der Waals surface area contributed by atoms with Crippen LogP contribution in [0.2, 0.25) is 0 Å². The van der Waals surface area contributed by atoms with Crippen LogP contribution in [0.1, 0.15) is 44.3 Å². The van der Waals surface area contributed by atoms with Gasteiger partial charge in [0.15, 0.2) is 0 Å². The summed E-state index contributed by atoms with van der Waals surface area (Å²) in [5, 5.41) is 24.0. The number of nitrogens with one attached hydrogen (secondary N) is 1. The van der Waals surface area contributed by atoms with E-state index < -0.39 is 11.0 Å². The van der Waals surface area contributed by atoms with Crippen molar-refractivity contribution < 1.29 is 10.0 Å². The van der Waals surface area contributed by atoms with Gasteiger partial charge in [-0.05, 0) is 36.0 Å². The first kappa shape index (κ1) is 14.9. The fourth-order valence-corrected chi connectivity index (χ4v) is 2.85. The van der Waals surface area contributed by atoms with Crippen LogP contribution in [0, 0.1) is 15.5 Å². The average molecular weight is 278 g/mol. The first-order chi connectivity index (χ1) is 9.50. The van der Waals surface area contributed by atoms with Crippen LogP contribution in [-0.2, 0) is 0 Å². The van der Waals surface area contributed by atoms with Crippen LogP contribution >= 0.6 is 0 Å². The van der Waals surface area contributed by atoms with E-state index in [1.807, 2.05) is 0 Å². The Kier molecular flexibility index (Phi) is 4.73. The van der Waals surface area contributed by atoms with Crippen molar-refractivity contribution in [3.05, 3.63) is 39.9 Å². The second-order valence-corrected chi connectivity index (χ2v) is 6.01. The molecule has 5 heteroatoms. The lowest BCUT2D eigenvalue weighted by Gasteiger charge is -2.24. The molecular weight excluding hydrogens is 256 g/mol. The third kappa shape index (κ3) is 3.77. The predicted octanol–water partition coefficient (Wildman–Crippen LogP) is 2.80. The lowest BCUT2D eigenvalue weighted by atomic mass is 9.89. The number of nitro benzene ring substituents is 1. The molecule has 20 heavy (non-hydrogen) atoms. The zero-order valence-corrected chi connectivity index (χ0v) is 11.8. The van der Waals surface area contributed by atoms with Gasteiger partial charge in [-0.15, -0.1) is 0 Å². The molecule has 1 atom stereocenters. The summed E-state index contributed by atoms with van der Waals surface area (Å²) in [5.74, 6) is 0. The number of aliphatic hydroxyl groups excluding tert-OH is 1. The first-order valence-corrected chi connectivity index (χ1v) is 7.13. The Morgan fingerprint density at radius 2 is 1.95 bits per heavy atom. The Labute approximate surface area is 119 Å². The zero-order chi connectivity index (χ0) is 14.6. The third-order valence-electron chi connectivity index (χ3n) is 4.19. The summed E-state index contributed by atoms with van der Waals surface area (Å²) in [5.41, 5.74) is 1.11. The van der Waals surface area contributed by atoms with Gasteiger partial charge in [-0.3, -0.25) is 10.1 Å². The molecule has 5 nitrogen and oxygen atoms in total. The molecule has 1 aliphatic rings. The highest BCUT2D eigenvalue weighted by Crippen LogP contribution is 2.36. The van der Waals surface area contributed by atoms with Crippen LogP contribution in [-0.4, -0.2) is 23.1 Å². The van der Waals surface area contributed by atoms with Crippen LogP contribution in [0.25, 0.3) is 0 Å². The Morgan fingerprint density at radius 3 is 2.50 bits per heavy atom. The molecule has 1 aromatic rings. The fraction of sp³-hybridized carbons (Fsp3) is 0.600. The predicted molar refractivity (Wildman–Crippen MR) is 77.5 cm³/mol. The standard InChI is InChI=1S/C15H22N2O3/c1-15(8-2-3-9-15)11-16-10-14(18)12-4-6-13(7-5-12)17(19)20/h4-7,14,16,18H,2-3,8-11H2,1H3. The molecule has 0 aromatic heterocycles. The van der Waals surface area contributed by atoms with Gasteiger partial charge in [-0.25, -0.2) is 0 Å². The first-order valence-electron chi connectivity index (χ1n) is 7.13. The molecule has 1 fully saturated rings. The molecule has 2 N–H and O–H groups in total. The monoisotopic (exact) mass is 278 g/mol. The maximum atomic E-state index is 10.6. The molecular formula is C15H22N2O3. The van der Waals surface area contributed by atoms with Gasteiger partial charge in [0.25, 0.3) is 5.69 Å². The quantitative estimate of drug-likeness (QED) is 0.619. The number of nitro groups is 1. The topological polar surface area (TPSA) is 75.4 Å². The maximum Gasteiger partial charge on any atom is 0.269 e. The number of hydrogen-bond donors (Lipinski definition) is 2. The van der Waals surface area contributed by atoms with Crippen molar-refractivity contribution in [3.63, 3.8) is 0 Å². The van der Waals surface area contributed by atoms with Crippen molar-refractivity contribution in [2.75, 3.05) is 13.1 Å². The van der Waals surface area contributed by atoms with Gasteiger partial charge < -0.3 is 10.4 Å². The Hall–Kier alpha value is -1.46. The molecule has 0 bridgehead atoms. The van der Waals surface area contributed by atoms with E-state index in [2.05, 4.69) is 12.2 Å². The van der Waals surface area contributed by atoms with Crippen LogP contribution in [0.5, 0.6) is 0 Å². The van der Waals surface area contributed by atoms with Crippen LogP contribution in [0.3, 0.4) is 0 Å². The van der Waals surface area contributed by atoms with Crippen molar-refractivity contribution >= 4 is 5.69 Å². The number of nitrogens with zero attached hydrogens (tertiary/aromatic N) is 1. The van der Waals surface area contributed by atoms with Gasteiger partial charge >= 0.3 is 0 Å². The number of rotatable bonds is 6. The summed E-state index contributed by atoms with van der Waals surface area (Å²) in [7, 11) is 0. The fourth-order valence-electron chi connectivity index (χ4n) is 2.85. The third-order valence-corrected chi connectivity index (χ3v) is 4.19. The van der Waals surface area contributed by atoms with E-state index in [4.69, 9.17) is 0 Å². The largest absolute Gasteiger partial charge is 0.387 e. The smallest absolute Gasteiger partial charge is 0.269 e.